The molecule has 3 rings (SSSR count). The van der Waals surface area contributed by atoms with E-state index in [-0.39, 0.29) is 5.91 Å². The summed E-state index contributed by atoms with van der Waals surface area (Å²) in [6.45, 7) is 7.29. The molecule has 2 aromatic carbocycles. The number of carbonyl (C=O) groups is 1. The summed E-state index contributed by atoms with van der Waals surface area (Å²) in [4.78, 5) is 14.5. The molecule has 1 atom stereocenters. The second-order valence-corrected chi connectivity index (χ2v) is 6.78. The fourth-order valence-electron chi connectivity index (χ4n) is 3.36. The van der Waals surface area contributed by atoms with Crippen LogP contribution < -0.4 is 15.4 Å². The highest BCUT2D eigenvalue weighted by molar-refractivity contribution is 5.95. The van der Waals surface area contributed by atoms with Crippen molar-refractivity contribution >= 4 is 11.6 Å². The van der Waals surface area contributed by atoms with Crippen LogP contribution in [0.15, 0.2) is 48.5 Å². The fourth-order valence-corrected chi connectivity index (χ4v) is 3.36. The minimum Gasteiger partial charge on any atom is -0.455 e. The van der Waals surface area contributed by atoms with E-state index in [4.69, 9.17) is 4.74 Å². The Morgan fingerprint density at radius 2 is 1.96 bits per heavy atom. The number of nitrogens with one attached hydrogen (secondary N) is 2. The standard InChI is InChI=1S/C22H29N3O2/c1-3-25(4-2)22(26)17-12-13-20(24-16-18-9-8-14-23-18)21(15-17)27-19-10-6-5-7-11-19/h5-7,10-13,15,18,23-24H,3-4,8-9,14,16H2,1-2H3/t18-/m0/s1. The van der Waals surface area contributed by atoms with Gasteiger partial charge in [0.15, 0.2) is 5.75 Å². The van der Waals surface area contributed by atoms with Gasteiger partial charge in [-0.15, -0.1) is 0 Å². The van der Waals surface area contributed by atoms with E-state index in [9.17, 15) is 4.79 Å². The summed E-state index contributed by atoms with van der Waals surface area (Å²) in [7, 11) is 0. The minimum absolute atomic E-state index is 0.0296. The molecule has 1 saturated heterocycles. The Kier molecular flexibility index (Phi) is 6.71. The lowest BCUT2D eigenvalue weighted by atomic mass is 10.1. The molecular formula is C22H29N3O2. The monoisotopic (exact) mass is 367 g/mol. The van der Waals surface area contributed by atoms with Gasteiger partial charge in [0.2, 0.25) is 0 Å². The second-order valence-electron chi connectivity index (χ2n) is 6.78. The third kappa shape index (κ3) is 5.01. The Hall–Kier alpha value is -2.53. The minimum atomic E-state index is 0.0296. The van der Waals surface area contributed by atoms with Crippen molar-refractivity contribution < 1.29 is 9.53 Å². The van der Waals surface area contributed by atoms with E-state index in [1.54, 1.807) is 0 Å². The molecule has 5 nitrogen and oxygen atoms in total. The summed E-state index contributed by atoms with van der Waals surface area (Å²) in [5, 5.41) is 6.98. The molecule has 1 aliphatic heterocycles. The average Bonchev–Trinajstić information content (AvgIpc) is 3.22. The fraction of sp³-hybridized carbons (Fsp3) is 0.409. The zero-order chi connectivity index (χ0) is 19.1. The molecule has 5 heteroatoms. The van der Waals surface area contributed by atoms with Gasteiger partial charge in [-0.1, -0.05) is 18.2 Å². The zero-order valence-electron chi connectivity index (χ0n) is 16.2. The smallest absolute Gasteiger partial charge is 0.253 e. The maximum atomic E-state index is 12.7. The first-order chi connectivity index (χ1) is 13.2. The van der Waals surface area contributed by atoms with Gasteiger partial charge < -0.3 is 20.3 Å². The first-order valence-electron chi connectivity index (χ1n) is 9.84. The summed E-state index contributed by atoms with van der Waals surface area (Å²) < 4.78 is 6.11. The number of benzene rings is 2. The number of hydrogen-bond acceptors (Lipinski definition) is 4. The lowest BCUT2D eigenvalue weighted by Crippen LogP contribution is -2.30. The Labute approximate surface area is 161 Å². The number of ether oxygens (including phenoxy) is 1. The molecule has 0 unspecified atom stereocenters. The van der Waals surface area contributed by atoms with Gasteiger partial charge in [0.05, 0.1) is 5.69 Å². The van der Waals surface area contributed by atoms with Gasteiger partial charge in [0.1, 0.15) is 5.75 Å². The van der Waals surface area contributed by atoms with Gasteiger partial charge >= 0.3 is 0 Å². The van der Waals surface area contributed by atoms with Crippen molar-refractivity contribution in [2.45, 2.75) is 32.7 Å². The van der Waals surface area contributed by atoms with Crippen molar-refractivity contribution in [1.82, 2.24) is 10.2 Å². The number of hydrogen-bond donors (Lipinski definition) is 2. The predicted octanol–water partition coefficient (Wildman–Crippen LogP) is 4.12. The Bertz CT molecular complexity index is 738. The Balaban J connectivity index is 1.83. The molecule has 2 N–H and O–H groups in total. The van der Waals surface area contributed by atoms with Crippen LogP contribution in [0, 0.1) is 0 Å². The topological polar surface area (TPSA) is 53.6 Å². The van der Waals surface area contributed by atoms with Crippen molar-refractivity contribution in [3.05, 3.63) is 54.1 Å². The van der Waals surface area contributed by atoms with Crippen molar-refractivity contribution in [2.75, 3.05) is 31.5 Å². The quantitative estimate of drug-likeness (QED) is 0.737. The second kappa shape index (κ2) is 9.42. The van der Waals surface area contributed by atoms with Gasteiger partial charge in [0.25, 0.3) is 5.91 Å². The lowest BCUT2D eigenvalue weighted by molar-refractivity contribution is 0.0772. The molecule has 0 saturated carbocycles. The maximum Gasteiger partial charge on any atom is 0.253 e. The van der Waals surface area contributed by atoms with Crippen molar-refractivity contribution in [3.63, 3.8) is 0 Å². The van der Waals surface area contributed by atoms with E-state index in [0.29, 0.717) is 30.4 Å². The van der Waals surface area contributed by atoms with Crippen molar-refractivity contribution in [3.8, 4) is 11.5 Å². The van der Waals surface area contributed by atoms with Crippen molar-refractivity contribution in [1.29, 1.82) is 0 Å². The van der Waals surface area contributed by atoms with Crippen LogP contribution in [0.5, 0.6) is 11.5 Å². The number of rotatable bonds is 8. The lowest BCUT2D eigenvalue weighted by Gasteiger charge is -2.20. The summed E-state index contributed by atoms with van der Waals surface area (Å²) in [6.07, 6.45) is 2.40. The number of para-hydroxylation sites is 1. The molecule has 144 valence electrons. The number of carbonyl (C=O) groups excluding carboxylic acids is 1. The van der Waals surface area contributed by atoms with Gasteiger partial charge in [-0.05, 0) is 63.6 Å². The molecule has 0 spiro atoms. The highest BCUT2D eigenvalue weighted by Gasteiger charge is 2.17. The average molecular weight is 367 g/mol. The highest BCUT2D eigenvalue weighted by Crippen LogP contribution is 2.31. The van der Waals surface area contributed by atoms with E-state index in [0.717, 1.165) is 24.5 Å². The third-order valence-electron chi connectivity index (χ3n) is 4.95. The van der Waals surface area contributed by atoms with E-state index in [2.05, 4.69) is 10.6 Å². The highest BCUT2D eigenvalue weighted by atomic mass is 16.5. The Morgan fingerprint density at radius 1 is 1.19 bits per heavy atom. The molecule has 0 bridgehead atoms. The molecular weight excluding hydrogens is 338 g/mol. The van der Waals surface area contributed by atoms with Crippen molar-refractivity contribution in [2.24, 2.45) is 0 Å². The molecule has 1 aliphatic rings. The Morgan fingerprint density at radius 3 is 2.63 bits per heavy atom. The van der Waals surface area contributed by atoms with Crippen LogP contribution >= 0.6 is 0 Å². The number of nitrogens with zero attached hydrogens (tertiary/aromatic N) is 1. The van der Waals surface area contributed by atoms with Crippen LogP contribution in [-0.4, -0.2) is 43.0 Å². The first-order valence-corrected chi connectivity index (χ1v) is 9.84. The summed E-state index contributed by atoms with van der Waals surface area (Å²) >= 11 is 0. The third-order valence-corrected chi connectivity index (χ3v) is 4.95. The van der Waals surface area contributed by atoms with Crippen LogP contribution in [0.2, 0.25) is 0 Å². The maximum absolute atomic E-state index is 12.7. The normalized spacial score (nSPS) is 16.1. The summed E-state index contributed by atoms with van der Waals surface area (Å²) in [6, 6.07) is 15.8. The number of anilines is 1. The summed E-state index contributed by atoms with van der Waals surface area (Å²) in [5.74, 6) is 1.46. The van der Waals surface area contributed by atoms with E-state index in [1.807, 2.05) is 67.3 Å². The molecule has 0 radical (unpaired) electrons. The van der Waals surface area contributed by atoms with Gasteiger partial charge in [-0.25, -0.2) is 0 Å². The summed E-state index contributed by atoms with van der Waals surface area (Å²) in [5.41, 5.74) is 1.55. The zero-order valence-corrected chi connectivity index (χ0v) is 16.2. The first kappa shape index (κ1) is 19.2. The molecule has 27 heavy (non-hydrogen) atoms. The molecule has 2 aromatic rings. The SMILES string of the molecule is CCN(CC)C(=O)c1ccc(NC[C@@H]2CCCN2)c(Oc2ccccc2)c1. The molecule has 1 heterocycles. The van der Waals surface area contributed by atoms with E-state index >= 15 is 0 Å². The van der Waals surface area contributed by atoms with Crippen LogP contribution in [-0.2, 0) is 0 Å². The molecule has 0 aromatic heterocycles. The molecule has 0 aliphatic carbocycles. The molecule has 1 fully saturated rings. The largest absolute Gasteiger partial charge is 0.455 e. The van der Waals surface area contributed by atoms with Crippen LogP contribution in [0.3, 0.4) is 0 Å². The van der Waals surface area contributed by atoms with Gasteiger partial charge in [0, 0.05) is 31.2 Å². The molecule has 1 amide bonds. The van der Waals surface area contributed by atoms with Gasteiger partial charge in [-0.3, -0.25) is 4.79 Å². The predicted molar refractivity (Wildman–Crippen MR) is 110 cm³/mol. The van der Waals surface area contributed by atoms with Crippen LogP contribution in [0.25, 0.3) is 0 Å². The van der Waals surface area contributed by atoms with Crippen LogP contribution in [0.4, 0.5) is 5.69 Å². The van der Waals surface area contributed by atoms with Gasteiger partial charge in [-0.2, -0.15) is 0 Å². The van der Waals surface area contributed by atoms with E-state index < -0.39 is 0 Å². The van der Waals surface area contributed by atoms with E-state index in [1.165, 1.54) is 12.8 Å². The number of amides is 1. The van der Waals surface area contributed by atoms with Crippen LogP contribution in [0.1, 0.15) is 37.0 Å².